The third kappa shape index (κ3) is 2.02. The first-order valence-electron chi connectivity index (χ1n) is 5.30. The molecule has 6 heteroatoms. The van der Waals surface area contributed by atoms with Crippen LogP contribution < -0.4 is 5.73 Å². The summed E-state index contributed by atoms with van der Waals surface area (Å²) in [6, 6.07) is 2.26. The fraction of sp³-hybridized carbons (Fsp3) is 0.545. The number of nitrogens with two attached hydrogens (primary N) is 1. The average Bonchev–Trinajstić information content (AvgIpc) is 2.23. The smallest absolute Gasteiger partial charge is 0.393 e. The lowest BCUT2D eigenvalue weighted by Crippen LogP contribution is -2.51. The molecule has 94 valence electrons. The fourth-order valence-corrected chi connectivity index (χ4v) is 2.36. The van der Waals surface area contributed by atoms with Crippen LogP contribution in [0.25, 0.3) is 0 Å². The number of hydrogen-bond acceptors (Lipinski definition) is 3. The van der Waals surface area contributed by atoms with Gasteiger partial charge in [0.25, 0.3) is 0 Å². The second-order valence-corrected chi connectivity index (χ2v) is 4.44. The van der Waals surface area contributed by atoms with E-state index in [1.165, 1.54) is 12.3 Å². The summed E-state index contributed by atoms with van der Waals surface area (Å²) in [7, 11) is 0. The van der Waals surface area contributed by atoms with Gasteiger partial charge in [0.15, 0.2) is 0 Å². The maximum Gasteiger partial charge on any atom is 0.418 e. The predicted octanol–water partition coefficient (Wildman–Crippen LogP) is 1.45. The molecule has 1 aromatic heterocycles. The van der Waals surface area contributed by atoms with E-state index in [9.17, 15) is 18.3 Å². The quantitative estimate of drug-likeness (QED) is 0.830. The molecule has 0 aromatic carbocycles. The molecule has 1 aliphatic rings. The van der Waals surface area contributed by atoms with Gasteiger partial charge in [-0.25, -0.2) is 0 Å². The number of rotatable bonds is 2. The van der Waals surface area contributed by atoms with Gasteiger partial charge in [0.2, 0.25) is 0 Å². The second-order valence-electron chi connectivity index (χ2n) is 4.44. The zero-order chi connectivity index (χ0) is 12.7. The van der Waals surface area contributed by atoms with Gasteiger partial charge in [-0.3, -0.25) is 4.98 Å². The molecule has 0 amide bonds. The zero-order valence-electron chi connectivity index (χ0n) is 9.04. The number of aromatic nitrogens is 1. The minimum atomic E-state index is -4.44. The van der Waals surface area contributed by atoms with Crippen molar-refractivity contribution < 1.29 is 18.3 Å². The average molecular weight is 246 g/mol. The highest BCUT2D eigenvalue weighted by Crippen LogP contribution is 2.46. The Labute approximate surface area is 96.5 Å². The van der Waals surface area contributed by atoms with Crippen LogP contribution in [0.1, 0.15) is 24.1 Å². The summed E-state index contributed by atoms with van der Waals surface area (Å²) in [5.41, 5.74) is 3.94. The van der Waals surface area contributed by atoms with Crippen molar-refractivity contribution in [2.75, 3.05) is 6.54 Å². The first-order chi connectivity index (χ1) is 7.89. The van der Waals surface area contributed by atoms with Crippen LogP contribution in [-0.2, 0) is 11.6 Å². The van der Waals surface area contributed by atoms with Gasteiger partial charge in [0.1, 0.15) is 0 Å². The van der Waals surface area contributed by atoms with Crippen LogP contribution in [0.15, 0.2) is 18.3 Å². The van der Waals surface area contributed by atoms with Crippen LogP contribution in [0.5, 0.6) is 0 Å². The topological polar surface area (TPSA) is 59.1 Å². The van der Waals surface area contributed by atoms with Crippen molar-refractivity contribution in [3.05, 3.63) is 29.6 Å². The van der Waals surface area contributed by atoms with Gasteiger partial charge in [-0.15, -0.1) is 0 Å². The number of aliphatic hydroxyl groups excluding tert-OH is 1. The van der Waals surface area contributed by atoms with Gasteiger partial charge in [-0.2, -0.15) is 13.2 Å². The van der Waals surface area contributed by atoms with Gasteiger partial charge >= 0.3 is 6.18 Å². The molecule has 1 fully saturated rings. The normalized spacial score (nSPS) is 28.9. The number of halogens is 3. The Morgan fingerprint density at radius 3 is 2.59 bits per heavy atom. The van der Waals surface area contributed by atoms with E-state index in [0.29, 0.717) is 0 Å². The number of nitrogens with zero attached hydrogens (tertiary/aromatic N) is 1. The SMILES string of the molecule is NCC1(c2ncccc2C(F)(F)F)CC(O)C1. The molecule has 1 aliphatic carbocycles. The Morgan fingerprint density at radius 2 is 2.12 bits per heavy atom. The summed E-state index contributed by atoms with van der Waals surface area (Å²) < 4.78 is 38.5. The van der Waals surface area contributed by atoms with Gasteiger partial charge in [-0.1, -0.05) is 0 Å². The van der Waals surface area contributed by atoms with Crippen LogP contribution in [0.4, 0.5) is 13.2 Å². The standard InChI is InChI=1S/C11H13F3N2O/c12-11(13,14)8-2-1-3-16-9(8)10(6-15)4-7(17)5-10/h1-3,7,17H,4-6,15H2. The Balaban J connectivity index is 2.45. The Hall–Kier alpha value is -1.14. The van der Waals surface area contributed by atoms with Crippen molar-refractivity contribution in [2.45, 2.75) is 30.5 Å². The van der Waals surface area contributed by atoms with E-state index in [1.54, 1.807) is 0 Å². The minimum Gasteiger partial charge on any atom is -0.393 e. The molecule has 3 nitrogen and oxygen atoms in total. The summed E-state index contributed by atoms with van der Waals surface area (Å²) in [5, 5.41) is 9.31. The molecule has 3 N–H and O–H groups in total. The van der Waals surface area contributed by atoms with Crippen molar-refractivity contribution in [3.63, 3.8) is 0 Å². The molecule has 1 aromatic rings. The van der Waals surface area contributed by atoms with Crippen LogP contribution in [0.2, 0.25) is 0 Å². The van der Waals surface area contributed by atoms with E-state index >= 15 is 0 Å². The van der Waals surface area contributed by atoms with Gasteiger partial charge in [0.05, 0.1) is 17.4 Å². The van der Waals surface area contributed by atoms with E-state index in [2.05, 4.69) is 4.98 Å². The lowest BCUT2D eigenvalue weighted by molar-refractivity contribution is -0.140. The van der Waals surface area contributed by atoms with Crippen LogP contribution in [-0.4, -0.2) is 22.7 Å². The predicted molar refractivity (Wildman–Crippen MR) is 55.2 cm³/mol. The van der Waals surface area contributed by atoms with E-state index in [0.717, 1.165) is 6.07 Å². The molecule has 0 aliphatic heterocycles. The van der Waals surface area contributed by atoms with Gasteiger partial charge in [0, 0.05) is 18.2 Å². The summed E-state index contributed by atoms with van der Waals surface area (Å²) >= 11 is 0. The van der Waals surface area contributed by atoms with Crippen molar-refractivity contribution in [1.82, 2.24) is 4.98 Å². The van der Waals surface area contributed by atoms with Crippen molar-refractivity contribution in [2.24, 2.45) is 5.73 Å². The molecule has 2 rings (SSSR count). The molecule has 0 atom stereocenters. The number of hydrogen-bond donors (Lipinski definition) is 2. The highest BCUT2D eigenvalue weighted by Gasteiger charge is 2.49. The molecule has 0 spiro atoms. The second kappa shape index (κ2) is 3.96. The van der Waals surface area contributed by atoms with E-state index in [-0.39, 0.29) is 25.1 Å². The highest BCUT2D eigenvalue weighted by atomic mass is 19.4. The lowest BCUT2D eigenvalue weighted by Gasteiger charge is -2.45. The third-order valence-electron chi connectivity index (χ3n) is 3.26. The Bertz CT molecular complexity index is 413. The number of alkyl halides is 3. The third-order valence-corrected chi connectivity index (χ3v) is 3.26. The van der Waals surface area contributed by atoms with Crippen LogP contribution in [0.3, 0.4) is 0 Å². The van der Waals surface area contributed by atoms with Crippen molar-refractivity contribution in [3.8, 4) is 0 Å². The highest BCUT2D eigenvalue weighted by molar-refractivity contribution is 5.33. The first kappa shape index (κ1) is 12.3. The Morgan fingerprint density at radius 1 is 1.47 bits per heavy atom. The Kier molecular flexibility index (Phi) is 2.87. The monoisotopic (exact) mass is 246 g/mol. The van der Waals surface area contributed by atoms with Crippen molar-refractivity contribution >= 4 is 0 Å². The molecule has 1 saturated carbocycles. The summed E-state index contributed by atoms with van der Waals surface area (Å²) in [6.45, 7) is 0.0597. The maximum absolute atomic E-state index is 12.8. The van der Waals surface area contributed by atoms with E-state index in [1.807, 2.05) is 0 Å². The van der Waals surface area contributed by atoms with Crippen LogP contribution >= 0.6 is 0 Å². The van der Waals surface area contributed by atoms with Gasteiger partial charge in [-0.05, 0) is 25.0 Å². The zero-order valence-corrected chi connectivity index (χ0v) is 9.04. The molecule has 1 heterocycles. The summed E-state index contributed by atoms with van der Waals surface area (Å²) in [6.07, 6.45) is -3.21. The molecule has 0 unspecified atom stereocenters. The molecule has 17 heavy (non-hydrogen) atoms. The van der Waals surface area contributed by atoms with Crippen LogP contribution in [0, 0.1) is 0 Å². The first-order valence-corrected chi connectivity index (χ1v) is 5.30. The number of aliphatic hydroxyl groups is 1. The summed E-state index contributed by atoms with van der Waals surface area (Å²) in [4.78, 5) is 3.83. The van der Waals surface area contributed by atoms with Gasteiger partial charge < -0.3 is 10.8 Å². The lowest BCUT2D eigenvalue weighted by atomic mass is 9.63. The largest absolute Gasteiger partial charge is 0.418 e. The summed E-state index contributed by atoms with van der Waals surface area (Å²) in [5.74, 6) is 0. The van der Waals surface area contributed by atoms with E-state index < -0.39 is 23.3 Å². The maximum atomic E-state index is 12.8. The molecule has 0 saturated heterocycles. The molecular weight excluding hydrogens is 233 g/mol. The minimum absolute atomic E-state index is 0.0414. The molecular formula is C11H13F3N2O. The van der Waals surface area contributed by atoms with Crippen molar-refractivity contribution in [1.29, 1.82) is 0 Å². The fourth-order valence-electron chi connectivity index (χ4n) is 2.36. The van der Waals surface area contributed by atoms with E-state index in [4.69, 9.17) is 5.73 Å². The molecule has 0 radical (unpaired) electrons. The number of pyridine rings is 1. The molecule has 0 bridgehead atoms.